The van der Waals surface area contributed by atoms with E-state index in [1.54, 1.807) is 0 Å². The van der Waals surface area contributed by atoms with Crippen LogP contribution in [0.2, 0.25) is 0 Å². The molecule has 0 saturated carbocycles. The number of rotatable bonds is 8. The maximum atomic E-state index is 2.47. The van der Waals surface area contributed by atoms with E-state index in [0.717, 1.165) is 22.7 Å². The lowest BCUT2D eigenvalue weighted by Gasteiger charge is -2.28. The Morgan fingerprint density at radius 2 is 0.750 bits per heavy atom. The SMILES string of the molecule is c1ccc(-c2ccc(-c3cccc4ccc5c(c6ccccc6n5-c5ccccc5N(c5ccc(-c6ccccc6)cc5)c5ccc(-c6ccccc6)cc5)c34)cc2)cc1. The molecule has 0 N–H and O–H groups in total. The van der Waals surface area contributed by atoms with Crippen LogP contribution < -0.4 is 4.90 Å². The van der Waals surface area contributed by atoms with Crippen LogP contribution in [0.4, 0.5) is 17.1 Å². The highest BCUT2D eigenvalue weighted by Gasteiger charge is 2.22. The van der Waals surface area contributed by atoms with E-state index < -0.39 is 0 Å². The molecular weight excluding hydrogens is 725 g/mol. The molecule has 0 aliphatic rings. The summed E-state index contributed by atoms with van der Waals surface area (Å²) in [7, 11) is 0. The Kier molecular flexibility index (Phi) is 8.87. The van der Waals surface area contributed by atoms with Crippen molar-refractivity contribution in [1.82, 2.24) is 4.57 Å². The molecule has 0 aliphatic carbocycles. The number of anilines is 3. The molecule has 0 radical (unpaired) electrons. The van der Waals surface area contributed by atoms with Crippen molar-refractivity contribution < 1.29 is 0 Å². The zero-order chi connectivity index (χ0) is 39.8. The van der Waals surface area contributed by atoms with Crippen molar-refractivity contribution in [2.75, 3.05) is 4.90 Å². The van der Waals surface area contributed by atoms with Gasteiger partial charge in [0, 0.05) is 22.1 Å². The lowest BCUT2D eigenvalue weighted by Crippen LogP contribution is -2.13. The Labute approximate surface area is 350 Å². The number of para-hydroxylation sites is 3. The third-order valence-electron chi connectivity index (χ3n) is 11.8. The van der Waals surface area contributed by atoms with Crippen LogP contribution >= 0.6 is 0 Å². The van der Waals surface area contributed by atoms with E-state index in [1.165, 1.54) is 77.1 Å². The molecule has 0 atom stereocenters. The Morgan fingerprint density at radius 1 is 0.283 bits per heavy atom. The van der Waals surface area contributed by atoms with E-state index in [-0.39, 0.29) is 0 Å². The van der Waals surface area contributed by atoms with Gasteiger partial charge in [-0.2, -0.15) is 0 Å². The van der Waals surface area contributed by atoms with Crippen LogP contribution in [0.15, 0.2) is 243 Å². The van der Waals surface area contributed by atoms with Crippen LogP contribution in [0.1, 0.15) is 0 Å². The highest BCUT2D eigenvalue weighted by atomic mass is 15.2. The van der Waals surface area contributed by atoms with E-state index in [2.05, 4.69) is 252 Å². The topological polar surface area (TPSA) is 8.17 Å². The minimum atomic E-state index is 1.09. The standard InChI is InChI=1S/C58H40N2/c1-4-15-41(16-5-1)44-27-29-47(30-28-44)51-23-14-21-48-35-40-56-58(57(48)51)52-22-10-11-24-53(52)60(56)55-26-13-12-25-54(55)59(49-36-31-45(32-37-49)42-17-6-2-7-18-42)50-38-33-46(34-39-50)43-19-8-3-9-20-43/h1-40H. The number of fused-ring (bicyclic) bond motifs is 5. The molecule has 0 spiro atoms. The van der Waals surface area contributed by atoms with E-state index in [9.17, 15) is 0 Å². The summed E-state index contributed by atoms with van der Waals surface area (Å²) in [5.41, 5.74) is 16.3. The van der Waals surface area contributed by atoms with Gasteiger partial charge in [0.25, 0.3) is 0 Å². The summed E-state index contributed by atoms with van der Waals surface area (Å²) in [5.74, 6) is 0. The number of benzene rings is 10. The van der Waals surface area contributed by atoms with Crippen LogP contribution in [0, 0.1) is 0 Å². The second-order valence-corrected chi connectivity index (χ2v) is 15.3. The number of aromatic nitrogens is 1. The van der Waals surface area contributed by atoms with Crippen molar-refractivity contribution >= 4 is 49.6 Å². The Hall–Kier alpha value is -7.94. The molecule has 2 nitrogen and oxygen atoms in total. The average molecular weight is 765 g/mol. The third kappa shape index (κ3) is 6.23. The molecule has 0 saturated heterocycles. The molecule has 1 heterocycles. The van der Waals surface area contributed by atoms with Crippen molar-refractivity contribution in [1.29, 1.82) is 0 Å². The molecule has 11 aromatic rings. The van der Waals surface area contributed by atoms with Gasteiger partial charge in [0.15, 0.2) is 0 Å². The Morgan fingerprint density at radius 3 is 1.33 bits per heavy atom. The fraction of sp³-hybridized carbons (Fsp3) is 0. The summed E-state index contributed by atoms with van der Waals surface area (Å²) in [6.45, 7) is 0. The summed E-state index contributed by atoms with van der Waals surface area (Å²) in [6, 6.07) is 87.8. The lowest BCUT2D eigenvalue weighted by atomic mass is 9.93. The summed E-state index contributed by atoms with van der Waals surface area (Å²) >= 11 is 0. The van der Waals surface area contributed by atoms with Crippen LogP contribution in [0.3, 0.4) is 0 Å². The molecule has 1 aromatic heterocycles. The van der Waals surface area contributed by atoms with Crippen LogP contribution in [0.25, 0.3) is 82.8 Å². The van der Waals surface area contributed by atoms with Gasteiger partial charge in [-0.05, 0) is 104 Å². The highest BCUT2D eigenvalue weighted by Crippen LogP contribution is 2.45. The highest BCUT2D eigenvalue weighted by molar-refractivity contribution is 6.25. The molecule has 2 heteroatoms. The number of hydrogen-bond acceptors (Lipinski definition) is 1. The van der Waals surface area contributed by atoms with Gasteiger partial charge in [-0.3, -0.25) is 0 Å². The molecule has 0 unspecified atom stereocenters. The molecule has 282 valence electrons. The predicted octanol–water partition coefficient (Wildman–Crippen LogP) is 16.1. The van der Waals surface area contributed by atoms with Gasteiger partial charge in [0.1, 0.15) is 0 Å². The van der Waals surface area contributed by atoms with Gasteiger partial charge in [-0.15, -0.1) is 0 Å². The predicted molar refractivity (Wildman–Crippen MR) is 255 cm³/mol. The first-order valence-electron chi connectivity index (χ1n) is 20.6. The van der Waals surface area contributed by atoms with Crippen molar-refractivity contribution in [3.8, 4) is 50.2 Å². The molecule has 0 amide bonds. The first-order valence-corrected chi connectivity index (χ1v) is 20.6. The van der Waals surface area contributed by atoms with Crippen LogP contribution in [0.5, 0.6) is 0 Å². The molecular formula is C58H40N2. The number of hydrogen-bond donors (Lipinski definition) is 0. The number of nitrogens with zero attached hydrogens (tertiary/aromatic N) is 2. The van der Waals surface area contributed by atoms with Gasteiger partial charge < -0.3 is 9.47 Å². The minimum absolute atomic E-state index is 1.09. The minimum Gasteiger partial charge on any atom is -0.308 e. The zero-order valence-corrected chi connectivity index (χ0v) is 33.0. The van der Waals surface area contributed by atoms with Gasteiger partial charge in [-0.1, -0.05) is 194 Å². The summed E-state index contributed by atoms with van der Waals surface area (Å²) < 4.78 is 2.47. The molecule has 10 aromatic carbocycles. The zero-order valence-electron chi connectivity index (χ0n) is 33.0. The van der Waals surface area contributed by atoms with Crippen molar-refractivity contribution in [3.05, 3.63) is 243 Å². The molecule has 0 fully saturated rings. The molecule has 0 aliphatic heterocycles. The molecule has 0 bridgehead atoms. The molecule has 60 heavy (non-hydrogen) atoms. The third-order valence-corrected chi connectivity index (χ3v) is 11.8. The Balaban J connectivity index is 1.11. The maximum Gasteiger partial charge on any atom is 0.0702 e. The normalized spacial score (nSPS) is 11.3. The monoisotopic (exact) mass is 764 g/mol. The van der Waals surface area contributed by atoms with Crippen molar-refractivity contribution in [3.63, 3.8) is 0 Å². The quantitative estimate of drug-likeness (QED) is 0.150. The smallest absolute Gasteiger partial charge is 0.0702 e. The van der Waals surface area contributed by atoms with Crippen molar-refractivity contribution in [2.45, 2.75) is 0 Å². The summed E-state index contributed by atoms with van der Waals surface area (Å²) in [4.78, 5) is 2.40. The van der Waals surface area contributed by atoms with Gasteiger partial charge >= 0.3 is 0 Å². The van der Waals surface area contributed by atoms with Crippen molar-refractivity contribution in [2.24, 2.45) is 0 Å². The first-order chi connectivity index (χ1) is 29.8. The lowest BCUT2D eigenvalue weighted by molar-refractivity contribution is 1.15. The second kappa shape index (κ2) is 15.1. The van der Waals surface area contributed by atoms with E-state index in [0.29, 0.717) is 0 Å². The Bertz CT molecular complexity index is 3170. The van der Waals surface area contributed by atoms with E-state index >= 15 is 0 Å². The average Bonchev–Trinajstić information content (AvgIpc) is 3.67. The fourth-order valence-corrected chi connectivity index (χ4v) is 8.95. The fourth-order valence-electron chi connectivity index (χ4n) is 8.95. The largest absolute Gasteiger partial charge is 0.308 e. The van der Waals surface area contributed by atoms with E-state index in [1.807, 2.05) is 0 Å². The first kappa shape index (κ1) is 35.2. The molecule has 11 rings (SSSR count). The summed E-state index contributed by atoms with van der Waals surface area (Å²) in [6.07, 6.45) is 0. The van der Waals surface area contributed by atoms with Gasteiger partial charge in [0.05, 0.1) is 22.4 Å². The van der Waals surface area contributed by atoms with Gasteiger partial charge in [-0.25, -0.2) is 0 Å². The van der Waals surface area contributed by atoms with E-state index in [4.69, 9.17) is 0 Å². The van der Waals surface area contributed by atoms with Crippen LogP contribution in [-0.2, 0) is 0 Å². The van der Waals surface area contributed by atoms with Gasteiger partial charge in [0.2, 0.25) is 0 Å². The maximum absolute atomic E-state index is 2.47. The van der Waals surface area contributed by atoms with Crippen LogP contribution in [-0.4, -0.2) is 4.57 Å². The second-order valence-electron chi connectivity index (χ2n) is 15.3. The summed E-state index contributed by atoms with van der Waals surface area (Å²) in [5, 5.41) is 4.97.